The number of nitriles is 1. The molecule has 1 fully saturated rings. The fourth-order valence-electron chi connectivity index (χ4n) is 5.69. The molecule has 10 heteroatoms. The third-order valence-corrected chi connectivity index (χ3v) is 8.21. The molecule has 1 aliphatic heterocycles. The van der Waals surface area contributed by atoms with Crippen LogP contribution in [0.2, 0.25) is 0 Å². The second-order valence-electron chi connectivity index (χ2n) is 11.2. The third-order valence-electron chi connectivity index (χ3n) is 8.21. The number of benzene rings is 3. The summed E-state index contributed by atoms with van der Waals surface area (Å²) in [5.74, 6) is 1.71. The normalized spacial score (nSPS) is 13.8. The van der Waals surface area contributed by atoms with Crippen molar-refractivity contribution < 1.29 is 23.4 Å². The fraction of sp³-hybridized carbons (Fsp3) is 0.278. The van der Waals surface area contributed by atoms with Gasteiger partial charge in [-0.25, -0.2) is 19.2 Å². The number of halogens is 1. The molecule has 2 aromatic heterocycles. The number of hydrogen-bond acceptors (Lipinski definition) is 8. The van der Waals surface area contributed by atoms with E-state index in [1.807, 2.05) is 61.0 Å². The molecule has 0 aliphatic carbocycles. The van der Waals surface area contributed by atoms with Crippen molar-refractivity contribution in [3.63, 3.8) is 0 Å². The molecule has 0 amide bonds. The van der Waals surface area contributed by atoms with E-state index in [1.54, 1.807) is 36.4 Å². The van der Waals surface area contributed by atoms with E-state index >= 15 is 0 Å². The molecule has 9 nitrogen and oxygen atoms in total. The van der Waals surface area contributed by atoms with Gasteiger partial charge in [-0.1, -0.05) is 30.3 Å². The second-order valence-corrected chi connectivity index (χ2v) is 11.2. The molecule has 0 unspecified atom stereocenters. The average Bonchev–Trinajstić information content (AvgIpc) is 3.39. The predicted molar refractivity (Wildman–Crippen MR) is 170 cm³/mol. The highest BCUT2D eigenvalue weighted by molar-refractivity contribution is 5.97. The number of carbonyl (C=O) groups is 1. The summed E-state index contributed by atoms with van der Waals surface area (Å²) >= 11 is 0. The third kappa shape index (κ3) is 6.85. The number of rotatable bonds is 10. The molecule has 234 valence electrons. The van der Waals surface area contributed by atoms with Gasteiger partial charge in [0.15, 0.2) is 0 Å². The first-order chi connectivity index (χ1) is 22.4. The Bertz CT molecular complexity index is 1890. The van der Waals surface area contributed by atoms with Crippen molar-refractivity contribution in [3.8, 4) is 23.4 Å². The Morgan fingerprint density at radius 3 is 2.54 bits per heavy atom. The summed E-state index contributed by atoms with van der Waals surface area (Å²) < 4.78 is 33.6. The van der Waals surface area contributed by atoms with Crippen LogP contribution in [0.5, 0.6) is 17.4 Å². The molecule has 3 heterocycles. The van der Waals surface area contributed by atoms with E-state index in [0.29, 0.717) is 47.2 Å². The number of imidazole rings is 1. The van der Waals surface area contributed by atoms with Gasteiger partial charge in [0.1, 0.15) is 35.3 Å². The van der Waals surface area contributed by atoms with E-state index in [2.05, 4.69) is 4.90 Å². The summed E-state index contributed by atoms with van der Waals surface area (Å²) in [4.78, 5) is 25.0. The summed E-state index contributed by atoms with van der Waals surface area (Å²) in [6.45, 7) is 4.76. The number of nitrogens with zero attached hydrogens (tertiary/aromatic N) is 5. The van der Waals surface area contributed by atoms with Gasteiger partial charge < -0.3 is 18.8 Å². The van der Waals surface area contributed by atoms with Crippen LogP contribution in [0, 0.1) is 17.1 Å². The summed E-state index contributed by atoms with van der Waals surface area (Å²) in [7, 11) is 1.96. The van der Waals surface area contributed by atoms with Crippen molar-refractivity contribution >= 4 is 17.0 Å². The summed E-state index contributed by atoms with van der Waals surface area (Å²) in [5.41, 5.74) is 3.52. The molecule has 0 radical (unpaired) electrons. The minimum atomic E-state index is -0.469. The molecule has 3 aromatic carbocycles. The molecule has 1 saturated heterocycles. The minimum absolute atomic E-state index is 0.0329. The van der Waals surface area contributed by atoms with Crippen molar-refractivity contribution in [2.45, 2.75) is 38.8 Å². The van der Waals surface area contributed by atoms with Gasteiger partial charge >= 0.3 is 5.97 Å². The lowest BCUT2D eigenvalue weighted by Gasteiger charge is -2.31. The number of ether oxygens (including phenoxy) is 3. The van der Waals surface area contributed by atoms with Crippen LogP contribution < -0.4 is 14.2 Å². The molecule has 46 heavy (non-hydrogen) atoms. The van der Waals surface area contributed by atoms with Crippen LogP contribution in [0.3, 0.4) is 0 Å². The lowest BCUT2D eigenvalue weighted by molar-refractivity contribution is 0.0734. The molecule has 5 aromatic rings. The standard InChI is InChI=1S/C36H34FN5O4/c1-3-44-32-20-27(36(43)46-28-8-5-4-6-9-28)19-31-35(32)40-33(41(31)2)22-42-16-14-25(15-17-42)30-10-7-11-34(39-30)45-23-26-13-12-24(21-38)18-29(26)37/h4-13,18-20,25H,3,14-17,22-23H2,1-2H3. The highest BCUT2D eigenvalue weighted by atomic mass is 19.1. The van der Waals surface area contributed by atoms with Crippen LogP contribution in [0.4, 0.5) is 4.39 Å². The lowest BCUT2D eigenvalue weighted by Crippen LogP contribution is -2.33. The number of esters is 1. The highest BCUT2D eigenvalue weighted by Crippen LogP contribution is 2.32. The fourth-order valence-corrected chi connectivity index (χ4v) is 5.69. The van der Waals surface area contributed by atoms with Gasteiger partial charge in [-0.3, -0.25) is 4.90 Å². The maximum absolute atomic E-state index is 14.3. The van der Waals surface area contributed by atoms with Crippen LogP contribution in [0.25, 0.3) is 11.0 Å². The Kier molecular flexibility index (Phi) is 9.22. The smallest absolute Gasteiger partial charge is 0.343 e. The van der Waals surface area contributed by atoms with Crippen molar-refractivity contribution in [2.75, 3.05) is 19.7 Å². The number of aryl methyl sites for hydroxylation is 1. The number of aromatic nitrogens is 3. The Morgan fingerprint density at radius 1 is 1.00 bits per heavy atom. The van der Waals surface area contributed by atoms with E-state index in [0.717, 1.165) is 43.0 Å². The van der Waals surface area contributed by atoms with Gasteiger partial charge in [0.25, 0.3) is 0 Å². The van der Waals surface area contributed by atoms with Crippen LogP contribution in [-0.4, -0.2) is 45.1 Å². The van der Waals surface area contributed by atoms with Gasteiger partial charge in [0, 0.05) is 30.3 Å². The molecular formula is C36H34FN5O4. The Labute approximate surface area is 266 Å². The number of carbonyl (C=O) groups excluding carboxylic acids is 1. The van der Waals surface area contributed by atoms with Crippen molar-refractivity contribution in [1.82, 2.24) is 19.4 Å². The zero-order chi connectivity index (χ0) is 32.0. The topological polar surface area (TPSA) is 102 Å². The first-order valence-corrected chi connectivity index (χ1v) is 15.3. The predicted octanol–water partition coefficient (Wildman–Crippen LogP) is 6.56. The van der Waals surface area contributed by atoms with E-state index < -0.39 is 11.8 Å². The minimum Gasteiger partial charge on any atom is -0.492 e. The van der Waals surface area contributed by atoms with Crippen molar-refractivity contribution in [1.29, 1.82) is 5.26 Å². The largest absolute Gasteiger partial charge is 0.492 e. The maximum atomic E-state index is 14.3. The van der Waals surface area contributed by atoms with Crippen molar-refractivity contribution in [2.24, 2.45) is 7.05 Å². The SMILES string of the molecule is CCOc1cc(C(=O)Oc2ccccc2)cc2c1nc(CN1CCC(c3cccc(OCc4ccc(C#N)cc4F)n3)CC1)n2C. The number of piperidine rings is 1. The second kappa shape index (κ2) is 13.8. The lowest BCUT2D eigenvalue weighted by atomic mass is 9.93. The molecule has 0 N–H and O–H groups in total. The van der Waals surface area contributed by atoms with E-state index in [1.165, 1.54) is 6.07 Å². The summed E-state index contributed by atoms with van der Waals surface area (Å²) in [6, 6.07) is 24.5. The summed E-state index contributed by atoms with van der Waals surface area (Å²) in [6.07, 6.45) is 1.84. The van der Waals surface area contributed by atoms with Gasteiger partial charge in [0.2, 0.25) is 5.88 Å². The summed E-state index contributed by atoms with van der Waals surface area (Å²) in [5, 5.41) is 8.96. The number of fused-ring (bicyclic) bond motifs is 1. The monoisotopic (exact) mass is 619 g/mol. The Morgan fingerprint density at radius 2 is 1.80 bits per heavy atom. The molecule has 0 spiro atoms. The number of pyridine rings is 1. The first kappa shape index (κ1) is 30.7. The quantitative estimate of drug-likeness (QED) is 0.128. The van der Waals surface area contributed by atoms with Crippen LogP contribution in [0.1, 0.15) is 58.7 Å². The maximum Gasteiger partial charge on any atom is 0.343 e. The van der Waals surface area contributed by atoms with Gasteiger partial charge in [0.05, 0.1) is 35.9 Å². The van der Waals surface area contributed by atoms with E-state index in [4.69, 9.17) is 29.4 Å². The molecule has 6 rings (SSSR count). The first-order valence-electron chi connectivity index (χ1n) is 15.3. The average molecular weight is 620 g/mol. The Balaban J connectivity index is 1.10. The zero-order valence-electron chi connectivity index (χ0n) is 25.8. The molecule has 0 saturated carbocycles. The number of para-hydroxylation sites is 1. The van der Waals surface area contributed by atoms with E-state index in [-0.39, 0.29) is 18.1 Å². The van der Waals surface area contributed by atoms with Crippen molar-refractivity contribution in [3.05, 3.63) is 113 Å². The van der Waals surface area contributed by atoms with Gasteiger partial charge in [-0.2, -0.15) is 5.26 Å². The zero-order valence-corrected chi connectivity index (χ0v) is 25.8. The highest BCUT2D eigenvalue weighted by Gasteiger charge is 2.25. The number of likely N-dealkylation sites (tertiary alicyclic amines) is 1. The van der Waals surface area contributed by atoms with Gasteiger partial charge in [-0.15, -0.1) is 0 Å². The molecule has 0 atom stereocenters. The molecular weight excluding hydrogens is 585 g/mol. The number of hydrogen-bond donors (Lipinski definition) is 0. The van der Waals surface area contributed by atoms with Crippen LogP contribution in [0.15, 0.2) is 78.9 Å². The van der Waals surface area contributed by atoms with Gasteiger partial charge in [-0.05, 0) is 75.3 Å². The van der Waals surface area contributed by atoms with E-state index in [9.17, 15) is 9.18 Å². The molecule has 1 aliphatic rings. The molecule has 0 bridgehead atoms. The van der Waals surface area contributed by atoms with Crippen LogP contribution >= 0.6 is 0 Å². The Hall–Kier alpha value is -5.27. The van der Waals surface area contributed by atoms with Crippen LogP contribution in [-0.2, 0) is 20.2 Å².